The molecule has 2 aliphatic rings. The Morgan fingerprint density at radius 3 is 2.29 bits per heavy atom. The first-order chi connectivity index (χ1) is 8.33. The number of nitrogens with zero attached hydrogens (tertiary/aromatic N) is 1. The molecule has 0 bridgehead atoms. The van der Waals surface area contributed by atoms with Gasteiger partial charge >= 0.3 is 0 Å². The van der Waals surface area contributed by atoms with Crippen molar-refractivity contribution in [3.8, 4) is 0 Å². The van der Waals surface area contributed by atoms with Gasteiger partial charge in [-0.15, -0.1) is 0 Å². The van der Waals surface area contributed by atoms with Crippen LogP contribution in [-0.2, 0) is 4.79 Å². The second-order valence-electron chi connectivity index (χ2n) is 5.55. The van der Waals surface area contributed by atoms with Crippen molar-refractivity contribution in [2.75, 3.05) is 13.2 Å². The maximum absolute atomic E-state index is 12.4. The molecule has 0 aromatic heterocycles. The molecule has 3 heteroatoms. The molecule has 1 aliphatic heterocycles. The van der Waals surface area contributed by atoms with Gasteiger partial charge in [0.1, 0.15) is 0 Å². The number of carbonyl (C=O) groups excluding carboxylic acids is 1. The summed E-state index contributed by atoms with van der Waals surface area (Å²) >= 11 is 0. The predicted molar refractivity (Wildman–Crippen MR) is 67.6 cm³/mol. The lowest BCUT2D eigenvalue weighted by Gasteiger charge is -2.28. The van der Waals surface area contributed by atoms with E-state index in [-0.39, 0.29) is 18.6 Å². The van der Waals surface area contributed by atoms with Crippen molar-refractivity contribution in [3.63, 3.8) is 0 Å². The van der Waals surface area contributed by atoms with Crippen molar-refractivity contribution in [1.82, 2.24) is 4.90 Å². The van der Waals surface area contributed by atoms with Gasteiger partial charge in [0, 0.05) is 12.5 Å². The van der Waals surface area contributed by atoms with E-state index in [1.165, 1.54) is 32.1 Å². The van der Waals surface area contributed by atoms with Crippen LogP contribution in [0.25, 0.3) is 0 Å². The van der Waals surface area contributed by atoms with E-state index in [1.807, 2.05) is 4.90 Å². The van der Waals surface area contributed by atoms with Crippen LogP contribution in [0.1, 0.15) is 57.8 Å². The van der Waals surface area contributed by atoms with E-state index in [0.717, 1.165) is 32.2 Å². The number of rotatable bonds is 2. The molecule has 1 heterocycles. The minimum Gasteiger partial charge on any atom is -0.394 e. The highest BCUT2D eigenvalue weighted by molar-refractivity contribution is 5.79. The second kappa shape index (κ2) is 6.39. The largest absolute Gasteiger partial charge is 0.394 e. The van der Waals surface area contributed by atoms with E-state index in [9.17, 15) is 9.90 Å². The van der Waals surface area contributed by atoms with Gasteiger partial charge in [-0.2, -0.15) is 0 Å². The Bertz CT molecular complexity index is 247. The summed E-state index contributed by atoms with van der Waals surface area (Å²) in [4.78, 5) is 14.4. The summed E-state index contributed by atoms with van der Waals surface area (Å²) in [6.07, 6.45) is 10.5. The second-order valence-corrected chi connectivity index (χ2v) is 5.55. The lowest BCUT2D eigenvalue weighted by atomic mass is 9.90. The van der Waals surface area contributed by atoms with Crippen molar-refractivity contribution in [2.24, 2.45) is 5.92 Å². The fraction of sp³-hybridized carbons (Fsp3) is 0.929. The van der Waals surface area contributed by atoms with Gasteiger partial charge in [-0.25, -0.2) is 0 Å². The Morgan fingerprint density at radius 1 is 1.00 bits per heavy atom. The van der Waals surface area contributed by atoms with Crippen LogP contribution in [0.2, 0.25) is 0 Å². The molecule has 1 N–H and O–H groups in total. The number of hydrogen-bond donors (Lipinski definition) is 1. The Balaban J connectivity index is 1.92. The van der Waals surface area contributed by atoms with Gasteiger partial charge in [-0.1, -0.05) is 32.1 Å². The molecular weight excluding hydrogens is 214 g/mol. The Hall–Kier alpha value is -0.570. The van der Waals surface area contributed by atoms with Gasteiger partial charge in [0.05, 0.1) is 12.6 Å². The molecule has 98 valence electrons. The summed E-state index contributed by atoms with van der Waals surface area (Å²) in [6.45, 7) is 0.999. The molecule has 1 saturated heterocycles. The SMILES string of the molecule is O=C(C1CCCCCCC1)N1CCC[C@H]1CO. The molecule has 2 fully saturated rings. The fourth-order valence-corrected chi connectivity index (χ4v) is 3.25. The van der Waals surface area contributed by atoms with Gasteiger partial charge in [0.2, 0.25) is 5.91 Å². The molecule has 0 unspecified atom stereocenters. The molecular formula is C14H25NO2. The molecule has 1 amide bonds. The summed E-state index contributed by atoms with van der Waals surface area (Å²) in [7, 11) is 0. The fourth-order valence-electron chi connectivity index (χ4n) is 3.25. The third-order valence-electron chi connectivity index (χ3n) is 4.33. The minimum atomic E-state index is 0.105. The average molecular weight is 239 g/mol. The standard InChI is InChI=1S/C14H25NO2/c16-11-13-9-6-10-15(13)14(17)12-7-4-2-1-3-5-8-12/h12-13,16H,1-11H2/t13-/m0/s1. The molecule has 1 aliphatic carbocycles. The highest BCUT2D eigenvalue weighted by atomic mass is 16.3. The first-order valence-corrected chi connectivity index (χ1v) is 7.24. The lowest BCUT2D eigenvalue weighted by molar-refractivity contribution is -0.137. The summed E-state index contributed by atoms with van der Waals surface area (Å²) in [5.74, 6) is 0.561. The third kappa shape index (κ3) is 3.21. The zero-order chi connectivity index (χ0) is 12.1. The number of hydrogen-bond acceptors (Lipinski definition) is 2. The summed E-state index contributed by atoms with van der Waals surface area (Å²) in [5.41, 5.74) is 0. The third-order valence-corrected chi connectivity index (χ3v) is 4.33. The Kier molecular flexibility index (Phi) is 4.84. The maximum Gasteiger partial charge on any atom is 0.226 e. The molecule has 0 aromatic rings. The number of carbonyl (C=O) groups is 1. The van der Waals surface area contributed by atoms with Gasteiger partial charge in [-0.05, 0) is 25.7 Å². The van der Waals surface area contributed by atoms with Crippen molar-refractivity contribution in [3.05, 3.63) is 0 Å². The van der Waals surface area contributed by atoms with Crippen molar-refractivity contribution in [1.29, 1.82) is 0 Å². The highest BCUT2D eigenvalue weighted by Crippen LogP contribution is 2.27. The number of amides is 1. The highest BCUT2D eigenvalue weighted by Gasteiger charge is 2.32. The lowest BCUT2D eigenvalue weighted by Crippen LogP contribution is -2.41. The van der Waals surface area contributed by atoms with E-state index >= 15 is 0 Å². The van der Waals surface area contributed by atoms with E-state index in [0.29, 0.717) is 5.91 Å². The zero-order valence-electron chi connectivity index (χ0n) is 10.7. The van der Waals surface area contributed by atoms with E-state index in [1.54, 1.807) is 0 Å². The van der Waals surface area contributed by atoms with Crippen molar-refractivity contribution in [2.45, 2.75) is 63.8 Å². The van der Waals surface area contributed by atoms with Crippen LogP contribution in [0.15, 0.2) is 0 Å². The molecule has 2 rings (SSSR count). The van der Waals surface area contributed by atoms with E-state index in [2.05, 4.69) is 0 Å². The number of aliphatic hydroxyl groups excluding tert-OH is 1. The monoisotopic (exact) mass is 239 g/mol. The van der Waals surface area contributed by atoms with Crippen LogP contribution in [0.4, 0.5) is 0 Å². The molecule has 1 atom stereocenters. The molecule has 0 aromatic carbocycles. The topological polar surface area (TPSA) is 40.5 Å². The Morgan fingerprint density at radius 2 is 1.65 bits per heavy atom. The molecule has 0 spiro atoms. The van der Waals surface area contributed by atoms with Crippen LogP contribution in [0, 0.1) is 5.92 Å². The van der Waals surface area contributed by atoms with Gasteiger partial charge in [0.25, 0.3) is 0 Å². The van der Waals surface area contributed by atoms with Crippen molar-refractivity contribution < 1.29 is 9.90 Å². The zero-order valence-corrected chi connectivity index (χ0v) is 10.7. The quantitative estimate of drug-likeness (QED) is 0.803. The van der Waals surface area contributed by atoms with Crippen LogP contribution in [0.5, 0.6) is 0 Å². The normalized spacial score (nSPS) is 27.8. The number of likely N-dealkylation sites (tertiary alicyclic amines) is 1. The van der Waals surface area contributed by atoms with Gasteiger partial charge in [-0.3, -0.25) is 4.79 Å². The number of aliphatic hydroxyl groups is 1. The van der Waals surface area contributed by atoms with Gasteiger partial charge in [0.15, 0.2) is 0 Å². The maximum atomic E-state index is 12.4. The van der Waals surface area contributed by atoms with Crippen molar-refractivity contribution >= 4 is 5.91 Å². The van der Waals surface area contributed by atoms with E-state index in [4.69, 9.17) is 0 Å². The smallest absolute Gasteiger partial charge is 0.226 e. The summed E-state index contributed by atoms with van der Waals surface area (Å²) in [5, 5.41) is 9.29. The molecule has 17 heavy (non-hydrogen) atoms. The van der Waals surface area contributed by atoms with E-state index < -0.39 is 0 Å². The summed E-state index contributed by atoms with van der Waals surface area (Å²) < 4.78 is 0. The molecule has 1 saturated carbocycles. The van der Waals surface area contributed by atoms with Crippen LogP contribution < -0.4 is 0 Å². The molecule has 0 radical (unpaired) electrons. The van der Waals surface area contributed by atoms with Crippen LogP contribution in [0.3, 0.4) is 0 Å². The molecule has 3 nitrogen and oxygen atoms in total. The predicted octanol–water partition coefficient (Wildman–Crippen LogP) is 2.33. The van der Waals surface area contributed by atoms with Crippen LogP contribution >= 0.6 is 0 Å². The summed E-state index contributed by atoms with van der Waals surface area (Å²) in [6, 6.07) is 0.105. The van der Waals surface area contributed by atoms with Gasteiger partial charge < -0.3 is 10.0 Å². The minimum absolute atomic E-state index is 0.105. The van der Waals surface area contributed by atoms with Crippen LogP contribution in [-0.4, -0.2) is 35.1 Å². The Labute approximate surface area is 104 Å². The average Bonchev–Trinajstić information content (AvgIpc) is 2.75. The first kappa shape index (κ1) is 12.9. The first-order valence-electron chi connectivity index (χ1n) is 7.24.